The maximum Gasteiger partial charge on any atom is 0.335 e. The lowest BCUT2D eigenvalue weighted by molar-refractivity contribution is -0.119. The largest absolute Gasteiger partial charge is 0.478 e. The third-order valence-electron chi connectivity index (χ3n) is 5.57. The summed E-state index contributed by atoms with van der Waals surface area (Å²) in [4.78, 5) is 36.5. The van der Waals surface area contributed by atoms with E-state index < -0.39 is 5.97 Å². The molecule has 0 radical (unpaired) electrons. The zero-order valence-corrected chi connectivity index (χ0v) is 15.9. The number of carbonyl (C=O) groups excluding carboxylic acids is 1. The van der Waals surface area contributed by atoms with Gasteiger partial charge in [0.05, 0.1) is 11.8 Å². The molecule has 28 heavy (non-hydrogen) atoms. The average Bonchev–Trinajstić information content (AvgIpc) is 3.21. The normalized spacial score (nSPS) is 19.6. The number of benzene rings is 1. The van der Waals surface area contributed by atoms with Crippen LogP contribution in [0.1, 0.15) is 43.0 Å². The quantitative estimate of drug-likeness (QED) is 0.840. The van der Waals surface area contributed by atoms with Crippen molar-refractivity contribution in [1.29, 1.82) is 0 Å². The molecule has 8 heteroatoms. The lowest BCUT2D eigenvalue weighted by Crippen LogP contribution is -2.54. The van der Waals surface area contributed by atoms with Crippen LogP contribution in [0.5, 0.6) is 0 Å². The summed E-state index contributed by atoms with van der Waals surface area (Å²) in [5, 5.41) is 12.1. The second kappa shape index (κ2) is 7.10. The molecule has 8 nitrogen and oxygen atoms in total. The highest BCUT2D eigenvalue weighted by Gasteiger charge is 2.39. The van der Waals surface area contributed by atoms with Gasteiger partial charge in [0, 0.05) is 18.8 Å². The van der Waals surface area contributed by atoms with E-state index in [1.54, 1.807) is 30.3 Å². The third-order valence-corrected chi connectivity index (χ3v) is 5.57. The molecule has 1 aromatic heterocycles. The fourth-order valence-electron chi connectivity index (χ4n) is 4.05. The van der Waals surface area contributed by atoms with Gasteiger partial charge in [-0.1, -0.05) is 12.8 Å². The number of hydrogen-bond acceptors (Lipinski definition) is 6. The van der Waals surface area contributed by atoms with Gasteiger partial charge in [-0.3, -0.25) is 4.79 Å². The SMILES string of the molecule is C[C@@H]1C(=O)N(C)c2cnc(Nc3ccc(C(=O)O)cc3)nc2N1C1CCCC1. The van der Waals surface area contributed by atoms with Crippen LogP contribution < -0.4 is 15.1 Å². The molecule has 146 valence electrons. The molecule has 1 aromatic carbocycles. The molecule has 1 fully saturated rings. The van der Waals surface area contributed by atoms with Crippen LogP contribution in [0.3, 0.4) is 0 Å². The van der Waals surface area contributed by atoms with Gasteiger partial charge in [-0.25, -0.2) is 9.78 Å². The van der Waals surface area contributed by atoms with Crippen molar-refractivity contribution in [3.8, 4) is 0 Å². The summed E-state index contributed by atoms with van der Waals surface area (Å²) < 4.78 is 0. The predicted octanol–water partition coefficient (Wildman–Crippen LogP) is 3.03. The first-order valence-corrected chi connectivity index (χ1v) is 9.49. The van der Waals surface area contributed by atoms with Gasteiger partial charge in [0.2, 0.25) is 11.9 Å². The molecular formula is C20H23N5O3. The summed E-state index contributed by atoms with van der Waals surface area (Å²) in [6.45, 7) is 1.93. The smallest absolute Gasteiger partial charge is 0.335 e. The lowest BCUT2D eigenvalue weighted by atomic mass is 10.1. The minimum Gasteiger partial charge on any atom is -0.478 e. The summed E-state index contributed by atoms with van der Waals surface area (Å²) in [6, 6.07) is 6.46. The highest BCUT2D eigenvalue weighted by molar-refractivity contribution is 6.04. The topological polar surface area (TPSA) is 98.7 Å². The number of carboxylic acids is 1. The zero-order chi connectivity index (χ0) is 19.8. The van der Waals surface area contributed by atoms with Gasteiger partial charge in [0.25, 0.3) is 0 Å². The number of anilines is 4. The Bertz CT molecular complexity index is 909. The number of carboxylic acid groups (broad SMARTS) is 1. The van der Waals surface area contributed by atoms with E-state index in [2.05, 4.69) is 15.2 Å². The number of hydrogen-bond donors (Lipinski definition) is 2. The van der Waals surface area contributed by atoms with Gasteiger partial charge in [0.1, 0.15) is 11.7 Å². The van der Waals surface area contributed by atoms with Crippen molar-refractivity contribution in [3.63, 3.8) is 0 Å². The molecule has 0 unspecified atom stereocenters. The first kappa shape index (κ1) is 18.2. The third kappa shape index (κ3) is 3.15. The van der Waals surface area contributed by atoms with Crippen molar-refractivity contribution >= 4 is 35.0 Å². The number of rotatable bonds is 4. The van der Waals surface area contributed by atoms with Gasteiger partial charge < -0.3 is 20.2 Å². The van der Waals surface area contributed by atoms with Crippen LogP contribution >= 0.6 is 0 Å². The Morgan fingerprint density at radius 3 is 2.54 bits per heavy atom. The highest BCUT2D eigenvalue weighted by Crippen LogP contribution is 2.39. The fourth-order valence-corrected chi connectivity index (χ4v) is 4.05. The van der Waals surface area contributed by atoms with Crippen molar-refractivity contribution in [1.82, 2.24) is 9.97 Å². The summed E-state index contributed by atoms with van der Waals surface area (Å²) in [7, 11) is 1.75. The van der Waals surface area contributed by atoms with E-state index in [0.29, 0.717) is 23.4 Å². The summed E-state index contributed by atoms with van der Waals surface area (Å²) in [5.41, 5.74) is 1.63. The Kier molecular flexibility index (Phi) is 4.62. The van der Waals surface area contributed by atoms with E-state index in [-0.39, 0.29) is 17.5 Å². The van der Waals surface area contributed by atoms with Crippen LogP contribution in [-0.2, 0) is 4.79 Å². The number of nitrogens with one attached hydrogen (secondary N) is 1. The second-order valence-corrected chi connectivity index (χ2v) is 7.33. The fraction of sp³-hybridized carbons (Fsp3) is 0.400. The molecule has 0 spiro atoms. The molecule has 1 amide bonds. The zero-order valence-electron chi connectivity index (χ0n) is 15.9. The van der Waals surface area contributed by atoms with Gasteiger partial charge >= 0.3 is 5.97 Å². The van der Waals surface area contributed by atoms with Gasteiger partial charge in [-0.15, -0.1) is 0 Å². The van der Waals surface area contributed by atoms with Crippen molar-refractivity contribution in [2.75, 3.05) is 22.2 Å². The molecule has 1 aliphatic carbocycles. The predicted molar refractivity (Wildman–Crippen MR) is 106 cm³/mol. The van der Waals surface area contributed by atoms with Crippen molar-refractivity contribution in [2.24, 2.45) is 0 Å². The molecule has 2 heterocycles. The number of nitrogens with zero attached hydrogens (tertiary/aromatic N) is 4. The minimum absolute atomic E-state index is 0.0490. The van der Waals surface area contributed by atoms with E-state index in [1.165, 1.54) is 25.0 Å². The summed E-state index contributed by atoms with van der Waals surface area (Å²) in [5.74, 6) is 0.263. The van der Waals surface area contributed by atoms with Crippen LogP contribution in [0.15, 0.2) is 30.5 Å². The number of amides is 1. The molecule has 4 rings (SSSR count). The molecule has 0 bridgehead atoms. The highest BCUT2D eigenvalue weighted by atomic mass is 16.4. The Morgan fingerprint density at radius 1 is 1.21 bits per heavy atom. The molecule has 1 aliphatic heterocycles. The van der Waals surface area contributed by atoms with Crippen LogP contribution in [-0.4, -0.2) is 46.1 Å². The summed E-state index contributed by atoms with van der Waals surface area (Å²) >= 11 is 0. The van der Waals surface area contributed by atoms with E-state index in [4.69, 9.17) is 10.1 Å². The molecular weight excluding hydrogens is 358 g/mol. The van der Waals surface area contributed by atoms with Crippen molar-refractivity contribution < 1.29 is 14.7 Å². The van der Waals surface area contributed by atoms with E-state index in [1.807, 2.05) is 6.92 Å². The molecule has 2 aromatic rings. The van der Waals surface area contributed by atoms with Gasteiger partial charge in [-0.2, -0.15) is 4.98 Å². The van der Waals surface area contributed by atoms with E-state index >= 15 is 0 Å². The minimum atomic E-state index is -0.967. The van der Waals surface area contributed by atoms with E-state index in [0.717, 1.165) is 18.7 Å². The van der Waals surface area contributed by atoms with Crippen molar-refractivity contribution in [3.05, 3.63) is 36.0 Å². The van der Waals surface area contributed by atoms with Crippen LogP contribution in [0.25, 0.3) is 0 Å². The maximum absolute atomic E-state index is 12.7. The number of aromatic carboxylic acids is 1. The molecule has 1 saturated carbocycles. The number of aromatic nitrogens is 2. The maximum atomic E-state index is 12.7. The standard InChI is InChI=1S/C20H23N5O3/c1-12-18(26)24(2)16-11-21-20(22-14-9-7-13(8-10-14)19(27)28)23-17(16)25(12)15-5-3-4-6-15/h7-12,15H,3-6H2,1-2H3,(H,27,28)(H,21,22,23)/t12-/m1/s1. The van der Waals surface area contributed by atoms with E-state index in [9.17, 15) is 9.59 Å². The number of carbonyl (C=O) groups is 2. The average molecular weight is 381 g/mol. The first-order valence-electron chi connectivity index (χ1n) is 9.49. The molecule has 2 N–H and O–H groups in total. The lowest BCUT2D eigenvalue weighted by Gasteiger charge is -2.42. The Balaban J connectivity index is 1.67. The number of likely N-dealkylation sites (N-methyl/N-ethyl adjacent to an activating group) is 1. The molecule has 0 saturated heterocycles. The van der Waals surface area contributed by atoms with Crippen LogP contribution in [0.4, 0.5) is 23.1 Å². The Labute approximate surface area is 163 Å². The van der Waals surface area contributed by atoms with Gasteiger partial charge in [-0.05, 0) is 44.0 Å². The Hall–Kier alpha value is -3.16. The monoisotopic (exact) mass is 381 g/mol. The Morgan fingerprint density at radius 2 is 1.89 bits per heavy atom. The molecule has 2 aliphatic rings. The second-order valence-electron chi connectivity index (χ2n) is 7.33. The van der Waals surface area contributed by atoms with Gasteiger partial charge in [0.15, 0.2) is 5.82 Å². The molecule has 1 atom stereocenters. The number of fused-ring (bicyclic) bond motifs is 1. The van der Waals surface area contributed by atoms with Crippen LogP contribution in [0.2, 0.25) is 0 Å². The van der Waals surface area contributed by atoms with Crippen molar-refractivity contribution in [2.45, 2.75) is 44.7 Å². The first-order chi connectivity index (χ1) is 13.5. The summed E-state index contributed by atoms with van der Waals surface area (Å²) in [6.07, 6.45) is 6.12. The van der Waals surface area contributed by atoms with Crippen LogP contribution in [0, 0.1) is 0 Å².